The summed E-state index contributed by atoms with van der Waals surface area (Å²) in [7, 11) is -2.09. The third-order valence-corrected chi connectivity index (χ3v) is 5.64. The zero-order valence-electron chi connectivity index (χ0n) is 16.0. The Morgan fingerprint density at radius 3 is 2.75 bits per heavy atom. The van der Waals surface area contributed by atoms with Crippen molar-refractivity contribution >= 4 is 21.2 Å². The molecule has 11 heteroatoms. The van der Waals surface area contributed by atoms with E-state index in [1.807, 2.05) is 13.8 Å². The molecule has 0 radical (unpaired) electrons. The van der Waals surface area contributed by atoms with Gasteiger partial charge in [-0.2, -0.15) is 5.10 Å². The fourth-order valence-electron chi connectivity index (χ4n) is 2.72. The summed E-state index contributed by atoms with van der Waals surface area (Å²) in [6, 6.07) is 3.81. The van der Waals surface area contributed by atoms with Gasteiger partial charge in [0.2, 0.25) is 10.0 Å². The van der Waals surface area contributed by atoms with Crippen LogP contribution in [-0.4, -0.2) is 57.7 Å². The van der Waals surface area contributed by atoms with Crippen molar-refractivity contribution in [2.24, 2.45) is 7.05 Å². The number of ether oxygens (including phenoxy) is 1. The summed E-state index contributed by atoms with van der Waals surface area (Å²) < 4.78 is 34.8. The molecule has 28 heavy (non-hydrogen) atoms. The first-order valence-electron chi connectivity index (χ1n) is 8.71. The summed E-state index contributed by atoms with van der Waals surface area (Å²) >= 11 is 0. The van der Waals surface area contributed by atoms with Gasteiger partial charge in [0.15, 0.2) is 11.5 Å². The zero-order valence-corrected chi connectivity index (χ0v) is 16.9. The van der Waals surface area contributed by atoms with Crippen LogP contribution in [0.3, 0.4) is 0 Å². The maximum Gasteiger partial charge on any atom is 0.240 e. The smallest absolute Gasteiger partial charge is 0.240 e. The molecule has 1 atom stereocenters. The summed E-state index contributed by atoms with van der Waals surface area (Å²) in [6.07, 6.45) is 0. The highest BCUT2D eigenvalue weighted by atomic mass is 32.2. The maximum absolute atomic E-state index is 12.6. The number of aliphatic hydroxyl groups is 1. The summed E-state index contributed by atoms with van der Waals surface area (Å²) in [5, 5.41) is 21.7. The number of hydrogen-bond donors (Lipinski definition) is 2. The molecular formula is C17H22N6O4S. The lowest BCUT2D eigenvalue weighted by molar-refractivity contribution is 0.265. The van der Waals surface area contributed by atoms with Gasteiger partial charge in [-0.25, -0.2) is 22.8 Å². The Labute approximate surface area is 162 Å². The average molecular weight is 406 g/mol. The molecule has 2 heterocycles. The first kappa shape index (κ1) is 20.1. The highest BCUT2D eigenvalue weighted by Crippen LogP contribution is 2.31. The van der Waals surface area contributed by atoms with Gasteiger partial charge in [-0.05, 0) is 39.0 Å². The van der Waals surface area contributed by atoms with E-state index in [2.05, 4.69) is 25.0 Å². The molecule has 10 nitrogen and oxygen atoms in total. The predicted molar refractivity (Wildman–Crippen MR) is 102 cm³/mol. The largest absolute Gasteiger partial charge is 0.493 e. The number of aryl methyl sites for hydroxylation is 2. The van der Waals surface area contributed by atoms with E-state index in [0.717, 1.165) is 0 Å². The lowest BCUT2D eigenvalue weighted by Crippen LogP contribution is -2.35. The normalized spacial score (nSPS) is 13.0. The molecule has 150 valence electrons. The fourth-order valence-corrected chi connectivity index (χ4v) is 3.98. The van der Waals surface area contributed by atoms with E-state index >= 15 is 0 Å². The Morgan fingerprint density at radius 2 is 2.07 bits per heavy atom. The van der Waals surface area contributed by atoms with Crippen LogP contribution in [0.15, 0.2) is 23.1 Å². The molecule has 1 aromatic carbocycles. The Hall–Kier alpha value is -2.63. The van der Waals surface area contributed by atoms with Crippen LogP contribution >= 0.6 is 0 Å². The molecule has 0 bridgehead atoms. The molecule has 0 spiro atoms. The van der Waals surface area contributed by atoms with Gasteiger partial charge >= 0.3 is 0 Å². The molecule has 0 unspecified atom stereocenters. The topological polar surface area (TPSA) is 132 Å². The van der Waals surface area contributed by atoms with Crippen LogP contribution < -0.4 is 9.46 Å². The van der Waals surface area contributed by atoms with E-state index in [1.165, 1.54) is 12.1 Å². The van der Waals surface area contributed by atoms with Crippen molar-refractivity contribution in [1.29, 1.82) is 0 Å². The standard InChI is InChI=1S/C17H22N6O4S/c1-5-27-14-7-6-12(28(25,26)22-10(2)9-24)8-13(14)16-18-15-11(3)21-23(4)17(15)20-19-16/h6-8,10,22,24H,5,9H2,1-4H3/t10-/m0/s1. The molecule has 2 N–H and O–H groups in total. The number of fused-ring (bicyclic) bond motifs is 1. The Kier molecular flexibility index (Phi) is 5.59. The monoisotopic (exact) mass is 406 g/mol. The van der Waals surface area contributed by atoms with Crippen LogP contribution in [0.4, 0.5) is 0 Å². The molecule has 0 saturated heterocycles. The molecule has 0 aliphatic carbocycles. The van der Waals surface area contributed by atoms with Crippen LogP contribution in [-0.2, 0) is 17.1 Å². The SMILES string of the molecule is CCOc1ccc(S(=O)(=O)N[C@@H](C)CO)cc1-c1nnc2c(n1)c(C)nn2C. The average Bonchev–Trinajstić information content (AvgIpc) is 2.95. The van der Waals surface area contributed by atoms with Crippen molar-refractivity contribution < 1.29 is 18.3 Å². The second-order valence-corrected chi connectivity index (χ2v) is 8.03. The lowest BCUT2D eigenvalue weighted by atomic mass is 10.2. The number of benzene rings is 1. The molecule has 0 saturated carbocycles. The predicted octanol–water partition coefficient (Wildman–Crippen LogP) is 0.792. The molecule has 0 amide bonds. The molecule has 3 rings (SSSR count). The van der Waals surface area contributed by atoms with Crippen LogP contribution in [0.2, 0.25) is 0 Å². The van der Waals surface area contributed by atoms with Gasteiger partial charge in [0.1, 0.15) is 11.3 Å². The molecule has 3 aromatic rings. The van der Waals surface area contributed by atoms with E-state index in [0.29, 0.717) is 34.8 Å². The number of rotatable bonds is 7. The van der Waals surface area contributed by atoms with E-state index in [4.69, 9.17) is 9.84 Å². The van der Waals surface area contributed by atoms with Crippen molar-refractivity contribution in [2.45, 2.75) is 31.7 Å². The van der Waals surface area contributed by atoms with Crippen LogP contribution in [0.1, 0.15) is 19.5 Å². The molecule has 0 fully saturated rings. The number of aromatic nitrogens is 5. The number of aliphatic hydroxyl groups excluding tert-OH is 1. The maximum atomic E-state index is 12.6. The van der Waals surface area contributed by atoms with E-state index in [9.17, 15) is 8.42 Å². The van der Waals surface area contributed by atoms with Gasteiger partial charge in [-0.3, -0.25) is 0 Å². The summed E-state index contributed by atoms with van der Waals surface area (Å²) in [4.78, 5) is 4.53. The summed E-state index contributed by atoms with van der Waals surface area (Å²) in [5.41, 5.74) is 2.20. The molecule has 0 aliphatic heterocycles. The van der Waals surface area contributed by atoms with Gasteiger partial charge in [0, 0.05) is 13.1 Å². The fraction of sp³-hybridized carbons (Fsp3) is 0.412. The quantitative estimate of drug-likeness (QED) is 0.589. The van der Waals surface area contributed by atoms with Crippen molar-refractivity contribution in [3.63, 3.8) is 0 Å². The number of sulfonamides is 1. The summed E-state index contributed by atoms with van der Waals surface area (Å²) in [6.45, 7) is 5.28. The van der Waals surface area contributed by atoms with Crippen molar-refractivity contribution in [3.05, 3.63) is 23.9 Å². The van der Waals surface area contributed by atoms with Gasteiger partial charge in [0.05, 0.1) is 29.4 Å². The van der Waals surface area contributed by atoms with Crippen LogP contribution in [0.25, 0.3) is 22.6 Å². The van der Waals surface area contributed by atoms with Crippen molar-refractivity contribution in [1.82, 2.24) is 29.7 Å². The zero-order chi connectivity index (χ0) is 20.5. The molecular weight excluding hydrogens is 384 g/mol. The first-order valence-corrected chi connectivity index (χ1v) is 10.2. The number of nitrogens with one attached hydrogen (secondary N) is 1. The minimum Gasteiger partial charge on any atom is -0.493 e. The highest BCUT2D eigenvalue weighted by molar-refractivity contribution is 7.89. The van der Waals surface area contributed by atoms with Crippen molar-refractivity contribution in [3.8, 4) is 17.1 Å². The van der Waals surface area contributed by atoms with E-state index in [1.54, 1.807) is 24.7 Å². The number of nitrogens with zero attached hydrogens (tertiary/aromatic N) is 5. The van der Waals surface area contributed by atoms with E-state index in [-0.39, 0.29) is 17.3 Å². The van der Waals surface area contributed by atoms with Gasteiger partial charge in [-0.15, -0.1) is 10.2 Å². The van der Waals surface area contributed by atoms with Gasteiger partial charge < -0.3 is 9.84 Å². The molecule has 2 aromatic heterocycles. The van der Waals surface area contributed by atoms with Gasteiger partial charge in [0.25, 0.3) is 0 Å². The third kappa shape index (κ3) is 3.81. The molecule has 0 aliphatic rings. The van der Waals surface area contributed by atoms with Gasteiger partial charge in [-0.1, -0.05) is 0 Å². The van der Waals surface area contributed by atoms with Crippen molar-refractivity contribution in [2.75, 3.05) is 13.2 Å². The van der Waals surface area contributed by atoms with E-state index < -0.39 is 16.1 Å². The minimum absolute atomic E-state index is 0.0119. The third-order valence-electron chi connectivity index (χ3n) is 4.05. The second-order valence-electron chi connectivity index (χ2n) is 6.31. The lowest BCUT2D eigenvalue weighted by Gasteiger charge is -2.14. The Morgan fingerprint density at radius 1 is 1.32 bits per heavy atom. The Balaban J connectivity index is 2.14. The minimum atomic E-state index is -3.84. The van der Waals surface area contributed by atoms with Crippen LogP contribution in [0, 0.1) is 6.92 Å². The Bertz CT molecular complexity index is 1110. The summed E-state index contributed by atoms with van der Waals surface area (Å²) in [5.74, 6) is 0.679. The highest BCUT2D eigenvalue weighted by Gasteiger charge is 2.21. The van der Waals surface area contributed by atoms with Crippen LogP contribution in [0.5, 0.6) is 5.75 Å². The first-order chi connectivity index (χ1) is 13.3. The number of hydrogen-bond acceptors (Lipinski definition) is 8. The second kappa shape index (κ2) is 7.78.